The molecule has 1 N–H and O–H groups in total. The highest BCUT2D eigenvalue weighted by molar-refractivity contribution is 5.95. The van der Waals surface area contributed by atoms with E-state index in [9.17, 15) is 4.79 Å². The molecule has 3 heterocycles. The van der Waals surface area contributed by atoms with E-state index < -0.39 is 0 Å². The predicted molar refractivity (Wildman–Crippen MR) is 89.3 cm³/mol. The van der Waals surface area contributed by atoms with E-state index in [1.165, 1.54) is 16.6 Å². The van der Waals surface area contributed by atoms with Crippen LogP contribution in [-0.4, -0.2) is 29.1 Å². The minimum atomic E-state index is 0.0317. The summed E-state index contributed by atoms with van der Waals surface area (Å²) in [6, 6.07) is 13.6. The smallest absolute Gasteiger partial charge is 0.254 e. The molecule has 1 aromatic heterocycles. The first-order chi connectivity index (χ1) is 11.8. The fourth-order valence-corrected chi connectivity index (χ4v) is 3.55. The molecule has 120 valence electrons. The summed E-state index contributed by atoms with van der Waals surface area (Å²) in [5.41, 5.74) is 4.25. The predicted octanol–water partition coefficient (Wildman–Crippen LogP) is 3.10. The van der Waals surface area contributed by atoms with Crippen molar-refractivity contribution in [1.82, 2.24) is 9.88 Å². The number of fused-ring (bicyclic) bond motifs is 4. The molecule has 0 bridgehead atoms. The van der Waals surface area contributed by atoms with Crippen LogP contribution in [0.25, 0.3) is 10.9 Å². The summed E-state index contributed by atoms with van der Waals surface area (Å²) in [5, 5.41) is 1.20. The van der Waals surface area contributed by atoms with Gasteiger partial charge in [0.05, 0.1) is 0 Å². The highest BCUT2D eigenvalue weighted by Crippen LogP contribution is 2.34. The average Bonchev–Trinajstić information content (AvgIpc) is 3.24. The Morgan fingerprint density at radius 3 is 2.92 bits per heavy atom. The molecule has 0 saturated carbocycles. The molecule has 5 rings (SSSR count). The van der Waals surface area contributed by atoms with Crippen molar-refractivity contribution < 1.29 is 14.3 Å². The van der Waals surface area contributed by atoms with Crippen LogP contribution in [0.5, 0.6) is 11.5 Å². The van der Waals surface area contributed by atoms with Gasteiger partial charge in [0.25, 0.3) is 5.91 Å². The summed E-state index contributed by atoms with van der Waals surface area (Å²) in [4.78, 5) is 18.3. The molecule has 5 heteroatoms. The lowest BCUT2D eigenvalue weighted by Gasteiger charge is -2.27. The zero-order valence-corrected chi connectivity index (χ0v) is 13.0. The Kier molecular flexibility index (Phi) is 2.82. The summed E-state index contributed by atoms with van der Waals surface area (Å²) < 4.78 is 10.7. The van der Waals surface area contributed by atoms with Crippen molar-refractivity contribution in [2.45, 2.75) is 13.0 Å². The third kappa shape index (κ3) is 1.98. The van der Waals surface area contributed by atoms with Gasteiger partial charge in [0.2, 0.25) is 6.79 Å². The zero-order valence-electron chi connectivity index (χ0n) is 13.0. The van der Waals surface area contributed by atoms with Crippen LogP contribution in [-0.2, 0) is 13.0 Å². The van der Waals surface area contributed by atoms with Gasteiger partial charge < -0.3 is 19.4 Å². The second-order valence-corrected chi connectivity index (χ2v) is 6.17. The first-order valence-electron chi connectivity index (χ1n) is 8.07. The lowest BCUT2D eigenvalue weighted by atomic mass is 10.0. The average molecular weight is 320 g/mol. The summed E-state index contributed by atoms with van der Waals surface area (Å²) in [7, 11) is 0. The highest BCUT2D eigenvalue weighted by atomic mass is 16.7. The molecular weight excluding hydrogens is 304 g/mol. The maximum Gasteiger partial charge on any atom is 0.254 e. The summed E-state index contributed by atoms with van der Waals surface area (Å²) >= 11 is 0. The molecule has 0 aliphatic carbocycles. The van der Waals surface area contributed by atoms with Crippen molar-refractivity contribution >= 4 is 16.8 Å². The number of H-pyrrole nitrogens is 1. The molecule has 0 atom stereocenters. The van der Waals surface area contributed by atoms with Crippen molar-refractivity contribution in [2.75, 3.05) is 13.3 Å². The number of ether oxygens (including phenoxy) is 2. The van der Waals surface area contributed by atoms with Gasteiger partial charge >= 0.3 is 0 Å². The van der Waals surface area contributed by atoms with Crippen molar-refractivity contribution in [1.29, 1.82) is 0 Å². The number of hydrogen-bond donors (Lipinski definition) is 1. The van der Waals surface area contributed by atoms with E-state index >= 15 is 0 Å². The topological polar surface area (TPSA) is 54.6 Å². The summed E-state index contributed by atoms with van der Waals surface area (Å²) in [6.45, 7) is 1.56. The van der Waals surface area contributed by atoms with Gasteiger partial charge in [-0.3, -0.25) is 4.79 Å². The van der Waals surface area contributed by atoms with Crippen LogP contribution in [0.4, 0.5) is 0 Å². The van der Waals surface area contributed by atoms with Crippen molar-refractivity contribution in [3.63, 3.8) is 0 Å². The van der Waals surface area contributed by atoms with Gasteiger partial charge in [-0.1, -0.05) is 18.2 Å². The lowest BCUT2D eigenvalue weighted by molar-refractivity contribution is 0.0734. The number of nitrogens with zero attached hydrogens (tertiary/aromatic N) is 1. The molecular formula is C19H16N2O3. The van der Waals surface area contributed by atoms with Crippen molar-refractivity contribution in [3.8, 4) is 11.5 Å². The number of para-hydroxylation sites is 1. The number of carbonyl (C=O) groups is 1. The minimum Gasteiger partial charge on any atom is -0.454 e. The third-order valence-electron chi connectivity index (χ3n) is 4.79. The van der Waals surface area contributed by atoms with Crippen molar-refractivity contribution in [3.05, 3.63) is 59.3 Å². The number of rotatable bonds is 1. The fraction of sp³-hybridized carbons (Fsp3) is 0.211. The van der Waals surface area contributed by atoms with Crippen molar-refractivity contribution in [2.24, 2.45) is 0 Å². The molecule has 0 radical (unpaired) electrons. The number of hydrogen-bond acceptors (Lipinski definition) is 3. The van der Waals surface area contributed by atoms with E-state index in [0.717, 1.165) is 11.9 Å². The number of aromatic nitrogens is 1. The third-order valence-corrected chi connectivity index (χ3v) is 4.79. The lowest BCUT2D eigenvalue weighted by Crippen LogP contribution is -2.35. The molecule has 5 nitrogen and oxygen atoms in total. The maximum absolute atomic E-state index is 12.9. The zero-order chi connectivity index (χ0) is 16.1. The van der Waals surface area contributed by atoms with Crippen LogP contribution in [0.2, 0.25) is 0 Å². The molecule has 24 heavy (non-hydrogen) atoms. The van der Waals surface area contributed by atoms with E-state index in [1.54, 1.807) is 18.2 Å². The Labute approximate surface area is 138 Å². The molecule has 2 aliphatic rings. The number of amides is 1. The Morgan fingerprint density at radius 1 is 1.08 bits per heavy atom. The molecule has 0 unspecified atom stereocenters. The first-order valence-corrected chi connectivity index (χ1v) is 8.07. The van der Waals surface area contributed by atoms with Crippen LogP contribution >= 0.6 is 0 Å². The molecule has 2 aromatic carbocycles. The summed E-state index contributed by atoms with van der Waals surface area (Å²) in [5.74, 6) is 1.37. The normalized spacial score (nSPS) is 15.6. The maximum atomic E-state index is 12.9. The Hall–Kier alpha value is -2.95. The fourth-order valence-electron chi connectivity index (χ4n) is 3.55. The number of aromatic amines is 1. The molecule has 0 saturated heterocycles. The largest absolute Gasteiger partial charge is 0.454 e. The Balaban J connectivity index is 1.47. The monoisotopic (exact) mass is 320 g/mol. The van der Waals surface area contributed by atoms with Gasteiger partial charge in [-0.05, 0) is 24.3 Å². The Bertz CT molecular complexity index is 960. The molecule has 2 aliphatic heterocycles. The highest BCUT2D eigenvalue weighted by Gasteiger charge is 2.26. The molecule has 3 aromatic rings. The van der Waals surface area contributed by atoms with Crippen LogP contribution in [0, 0.1) is 0 Å². The van der Waals surface area contributed by atoms with Crippen LogP contribution in [0.15, 0.2) is 42.5 Å². The van der Waals surface area contributed by atoms with Crippen LogP contribution < -0.4 is 9.47 Å². The van der Waals surface area contributed by atoms with E-state index in [2.05, 4.69) is 17.1 Å². The van der Waals surface area contributed by atoms with Crippen LogP contribution in [0.1, 0.15) is 21.6 Å². The van der Waals surface area contributed by atoms with E-state index in [-0.39, 0.29) is 12.7 Å². The van der Waals surface area contributed by atoms with E-state index in [0.29, 0.717) is 30.2 Å². The SMILES string of the molecule is O=C(c1ccc2c(c1)OCO2)N1CCc2[nH]c3ccccc3c2C1. The molecule has 0 fully saturated rings. The quantitative estimate of drug-likeness (QED) is 0.749. The Morgan fingerprint density at radius 2 is 1.96 bits per heavy atom. The second-order valence-electron chi connectivity index (χ2n) is 6.17. The second kappa shape index (κ2) is 5.03. The van der Waals surface area contributed by atoms with Gasteiger partial charge in [-0.25, -0.2) is 0 Å². The standard InChI is InChI=1S/C19H16N2O3/c22-19(12-5-6-17-18(9-12)24-11-23-17)21-8-7-16-14(10-21)13-3-1-2-4-15(13)20-16/h1-6,9,20H,7-8,10-11H2. The number of benzene rings is 2. The molecule has 1 amide bonds. The number of nitrogens with one attached hydrogen (secondary N) is 1. The molecule has 0 spiro atoms. The minimum absolute atomic E-state index is 0.0317. The first kappa shape index (κ1) is 13.5. The summed E-state index contributed by atoms with van der Waals surface area (Å²) in [6.07, 6.45) is 0.848. The van der Waals surface area contributed by atoms with Gasteiger partial charge in [0.1, 0.15) is 0 Å². The van der Waals surface area contributed by atoms with Gasteiger partial charge in [0.15, 0.2) is 11.5 Å². The van der Waals surface area contributed by atoms with E-state index in [1.807, 2.05) is 17.0 Å². The van der Waals surface area contributed by atoms with Gasteiger partial charge in [0, 0.05) is 47.2 Å². The van der Waals surface area contributed by atoms with Gasteiger partial charge in [-0.15, -0.1) is 0 Å². The van der Waals surface area contributed by atoms with Crippen LogP contribution in [0.3, 0.4) is 0 Å². The van der Waals surface area contributed by atoms with E-state index in [4.69, 9.17) is 9.47 Å². The number of carbonyl (C=O) groups excluding carboxylic acids is 1. The van der Waals surface area contributed by atoms with Gasteiger partial charge in [-0.2, -0.15) is 0 Å².